The van der Waals surface area contributed by atoms with Gasteiger partial charge < -0.3 is 9.64 Å². The number of amides is 2. The van der Waals surface area contributed by atoms with E-state index in [2.05, 4.69) is 5.10 Å². The van der Waals surface area contributed by atoms with Crippen molar-refractivity contribution in [2.45, 2.75) is 12.5 Å². The lowest BCUT2D eigenvalue weighted by molar-refractivity contribution is -0.142. The summed E-state index contributed by atoms with van der Waals surface area (Å²) in [5, 5.41) is 7.87. The summed E-state index contributed by atoms with van der Waals surface area (Å²) in [5.74, 6) is -0.924. The maximum Gasteiger partial charge on any atom is 0.262 e. The zero-order chi connectivity index (χ0) is 19.4. The van der Waals surface area contributed by atoms with Crippen LogP contribution in [0.25, 0.3) is 0 Å². The number of hydrazone groups is 1. The predicted octanol–water partition coefficient (Wildman–Crippen LogP) is 2.67. The second-order valence-electron chi connectivity index (χ2n) is 6.22. The second kappa shape index (κ2) is 8.41. The molecule has 27 heavy (non-hydrogen) atoms. The monoisotopic (exact) mass is 389 g/mol. The Labute approximate surface area is 160 Å². The van der Waals surface area contributed by atoms with Crippen LogP contribution in [0.15, 0.2) is 46.9 Å². The molecule has 0 aliphatic carbocycles. The fourth-order valence-corrected chi connectivity index (χ4v) is 3.59. The third kappa shape index (κ3) is 4.40. The van der Waals surface area contributed by atoms with E-state index < -0.39 is 0 Å². The number of thiophene rings is 1. The molecule has 6 nitrogen and oxygen atoms in total. The van der Waals surface area contributed by atoms with Gasteiger partial charge in [-0.15, -0.1) is 11.3 Å². The average molecular weight is 389 g/mol. The first kappa shape index (κ1) is 19.2. The number of rotatable bonds is 6. The van der Waals surface area contributed by atoms with E-state index in [1.54, 1.807) is 30.5 Å². The van der Waals surface area contributed by atoms with Gasteiger partial charge in [-0.3, -0.25) is 9.59 Å². The lowest BCUT2D eigenvalue weighted by Gasteiger charge is -2.24. The lowest BCUT2D eigenvalue weighted by Crippen LogP contribution is -2.40. The van der Waals surface area contributed by atoms with Crippen molar-refractivity contribution in [3.8, 4) is 0 Å². The molecule has 1 aromatic carbocycles. The number of methoxy groups -OCH3 is 1. The van der Waals surface area contributed by atoms with Crippen LogP contribution in [-0.2, 0) is 14.3 Å². The molecular formula is C19H20FN3O3S. The Morgan fingerprint density at radius 3 is 2.70 bits per heavy atom. The molecule has 0 fully saturated rings. The number of carbonyl (C=O) groups excluding carboxylic acids is 2. The van der Waals surface area contributed by atoms with E-state index in [0.717, 1.165) is 16.2 Å². The Morgan fingerprint density at radius 2 is 2.07 bits per heavy atom. The molecule has 8 heteroatoms. The minimum Gasteiger partial charge on any atom is -0.375 e. The maximum atomic E-state index is 13.3. The second-order valence-corrected chi connectivity index (χ2v) is 7.16. The lowest BCUT2D eigenvalue weighted by atomic mass is 10.0. The molecule has 1 aromatic heterocycles. The number of halogens is 1. The van der Waals surface area contributed by atoms with Crippen LogP contribution in [0, 0.1) is 5.82 Å². The first-order chi connectivity index (χ1) is 13.0. The maximum absolute atomic E-state index is 13.3. The van der Waals surface area contributed by atoms with Crippen LogP contribution >= 0.6 is 11.3 Å². The third-order valence-electron chi connectivity index (χ3n) is 4.29. The smallest absolute Gasteiger partial charge is 0.262 e. The summed E-state index contributed by atoms with van der Waals surface area (Å²) in [7, 11) is 2.97. The zero-order valence-electron chi connectivity index (χ0n) is 15.1. The normalized spacial score (nSPS) is 16.3. The molecule has 142 valence electrons. The molecule has 2 amide bonds. The number of hydrogen-bond acceptors (Lipinski definition) is 5. The first-order valence-corrected chi connectivity index (χ1v) is 9.29. The molecule has 0 saturated heterocycles. The van der Waals surface area contributed by atoms with Crippen LogP contribution < -0.4 is 0 Å². The van der Waals surface area contributed by atoms with Crippen molar-refractivity contribution in [2.24, 2.45) is 5.10 Å². The van der Waals surface area contributed by atoms with Crippen molar-refractivity contribution in [3.05, 3.63) is 58.0 Å². The number of benzene rings is 1. The van der Waals surface area contributed by atoms with Gasteiger partial charge in [0.15, 0.2) is 0 Å². The molecule has 0 spiro atoms. The Kier molecular flexibility index (Phi) is 5.98. The summed E-state index contributed by atoms with van der Waals surface area (Å²) in [6.07, 6.45) is 0.535. The molecule has 0 bridgehead atoms. The molecule has 0 saturated carbocycles. The molecule has 1 aliphatic rings. The minimum atomic E-state index is -0.334. The number of hydrogen-bond donors (Lipinski definition) is 0. The Morgan fingerprint density at radius 1 is 1.33 bits per heavy atom. The first-order valence-electron chi connectivity index (χ1n) is 8.41. The Hall–Kier alpha value is -2.58. The number of likely N-dealkylation sites (N-methyl/N-ethyl adjacent to an activating group) is 1. The van der Waals surface area contributed by atoms with Gasteiger partial charge in [-0.05, 0) is 29.1 Å². The fourth-order valence-electron chi connectivity index (χ4n) is 2.87. The highest BCUT2D eigenvalue weighted by Gasteiger charge is 2.34. The Bertz CT molecular complexity index is 836. The van der Waals surface area contributed by atoms with Crippen molar-refractivity contribution in [1.29, 1.82) is 0 Å². The van der Waals surface area contributed by atoms with E-state index in [1.165, 1.54) is 29.2 Å². The Balaban J connectivity index is 1.83. The highest BCUT2D eigenvalue weighted by molar-refractivity contribution is 7.12. The van der Waals surface area contributed by atoms with Crippen LogP contribution in [0.5, 0.6) is 0 Å². The molecule has 2 aromatic rings. The summed E-state index contributed by atoms with van der Waals surface area (Å²) in [6.45, 7) is -0.198. The highest BCUT2D eigenvalue weighted by Crippen LogP contribution is 2.33. The van der Waals surface area contributed by atoms with Crippen LogP contribution in [0.2, 0.25) is 0 Å². The van der Waals surface area contributed by atoms with Gasteiger partial charge in [-0.2, -0.15) is 5.10 Å². The van der Waals surface area contributed by atoms with Crippen LogP contribution in [0.3, 0.4) is 0 Å². The third-order valence-corrected chi connectivity index (χ3v) is 5.21. The highest BCUT2D eigenvalue weighted by atomic mass is 32.1. The van der Waals surface area contributed by atoms with Crippen molar-refractivity contribution in [3.63, 3.8) is 0 Å². The quantitative estimate of drug-likeness (QED) is 0.763. The van der Waals surface area contributed by atoms with Gasteiger partial charge in [0, 0.05) is 20.6 Å². The SMILES string of the molecule is COCC(=O)N(C)CC(=O)N1N=C(c2cccs2)C[C@@H]1c1ccc(F)cc1. The van der Waals surface area contributed by atoms with Gasteiger partial charge in [0.25, 0.3) is 5.91 Å². The molecule has 1 aliphatic heterocycles. The van der Waals surface area contributed by atoms with Gasteiger partial charge in [0.1, 0.15) is 19.0 Å². The number of nitrogens with zero attached hydrogens (tertiary/aromatic N) is 3. The molecule has 2 heterocycles. The van der Waals surface area contributed by atoms with Crippen LogP contribution in [0.4, 0.5) is 4.39 Å². The van der Waals surface area contributed by atoms with Gasteiger partial charge >= 0.3 is 0 Å². The molecular weight excluding hydrogens is 369 g/mol. The van der Waals surface area contributed by atoms with Crippen molar-refractivity contribution < 1.29 is 18.7 Å². The van der Waals surface area contributed by atoms with Crippen molar-refractivity contribution in [2.75, 3.05) is 27.3 Å². The molecule has 1 atom stereocenters. The number of ether oxygens (including phenoxy) is 1. The van der Waals surface area contributed by atoms with Crippen LogP contribution in [0.1, 0.15) is 22.9 Å². The molecule has 0 radical (unpaired) electrons. The van der Waals surface area contributed by atoms with Gasteiger partial charge in [0.05, 0.1) is 16.6 Å². The number of carbonyl (C=O) groups is 2. The van der Waals surface area contributed by atoms with Gasteiger partial charge in [-0.25, -0.2) is 9.40 Å². The summed E-state index contributed by atoms with van der Waals surface area (Å²) in [5.41, 5.74) is 1.60. The summed E-state index contributed by atoms with van der Waals surface area (Å²) in [6, 6.07) is 9.61. The summed E-state index contributed by atoms with van der Waals surface area (Å²) < 4.78 is 18.1. The van der Waals surface area contributed by atoms with E-state index in [1.807, 2.05) is 17.5 Å². The van der Waals surface area contributed by atoms with E-state index in [-0.39, 0.29) is 36.8 Å². The van der Waals surface area contributed by atoms with E-state index in [4.69, 9.17) is 4.74 Å². The molecule has 0 unspecified atom stereocenters. The van der Waals surface area contributed by atoms with Gasteiger partial charge in [0.2, 0.25) is 5.91 Å². The standard InChI is InChI=1S/C19H20FN3O3S/c1-22(19(25)12-26-2)11-18(24)23-16(13-5-7-14(20)8-6-13)10-15(21-23)17-4-3-9-27-17/h3-9,16H,10-12H2,1-2H3/t16-/m1/s1. The zero-order valence-corrected chi connectivity index (χ0v) is 15.9. The average Bonchev–Trinajstić information content (AvgIpc) is 3.32. The van der Waals surface area contributed by atoms with Crippen molar-refractivity contribution in [1.82, 2.24) is 9.91 Å². The molecule has 0 N–H and O–H groups in total. The topological polar surface area (TPSA) is 62.2 Å². The minimum absolute atomic E-state index is 0.0884. The largest absolute Gasteiger partial charge is 0.375 e. The molecule has 3 rings (SSSR count). The van der Waals surface area contributed by atoms with E-state index in [9.17, 15) is 14.0 Å². The van der Waals surface area contributed by atoms with E-state index >= 15 is 0 Å². The summed E-state index contributed by atoms with van der Waals surface area (Å²) >= 11 is 1.55. The predicted molar refractivity (Wildman–Crippen MR) is 101 cm³/mol. The van der Waals surface area contributed by atoms with Gasteiger partial charge in [-0.1, -0.05) is 18.2 Å². The summed E-state index contributed by atoms with van der Waals surface area (Å²) in [4.78, 5) is 27.0. The fraction of sp³-hybridized carbons (Fsp3) is 0.316. The van der Waals surface area contributed by atoms with E-state index in [0.29, 0.717) is 6.42 Å². The van der Waals surface area contributed by atoms with Crippen molar-refractivity contribution >= 4 is 28.9 Å². The van der Waals surface area contributed by atoms with Crippen LogP contribution in [-0.4, -0.2) is 54.7 Å².